The van der Waals surface area contributed by atoms with Crippen LogP contribution in [0.15, 0.2) is 66.9 Å². The number of pyridine rings is 1. The molecule has 2 N–H and O–H groups in total. The number of fused-ring (bicyclic) bond motifs is 1. The smallest absolute Gasteiger partial charge is 0.270 e. The second-order valence-electron chi connectivity index (χ2n) is 7.59. The number of nitrogens with one attached hydrogen (secondary N) is 1. The molecule has 176 valence electrons. The van der Waals surface area contributed by atoms with Gasteiger partial charge < -0.3 is 19.9 Å². The van der Waals surface area contributed by atoms with Gasteiger partial charge in [0, 0.05) is 12.7 Å². The van der Waals surface area contributed by atoms with Gasteiger partial charge in [0.05, 0.1) is 11.3 Å². The number of rotatable bonds is 9. The third-order valence-corrected chi connectivity index (χ3v) is 5.12. The molecule has 0 fully saturated rings. The van der Waals surface area contributed by atoms with Crippen molar-refractivity contribution in [1.29, 1.82) is 0 Å². The van der Waals surface area contributed by atoms with Gasteiger partial charge in [-0.3, -0.25) is 9.20 Å². The fourth-order valence-electron chi connectivity index (χ4n) is 3.42. The zero-order valence-corrected chi connectivity index (χ0v) is 18.4. The number of hydrogen-bond acceptors (Lipinski definition) is 5. The molecule has 9 heteroatoms. The third kappa shape index (κ3) is 5.15. The Morgan fingerprint density at radius 3 is 2.53 bits per heavy atom. The van der Waals surface area contributed by atoms with Crippen LogP contribution in [0.2, 0.25) is 0 Å². The maximum Gasteiger partial charge on any atom is 0.270 e. The summed E-state index contributed by atoms with van der Waals surface area (Å²) in [5, 5.41) is 12.8. The van der Waals surface area contributed by atoms with Crippen molar-refractivity contribution >= 4 is 11.6 Å². The minimum atomic E-state index is -0.918. The van der Waals surface area contributed by atoms with E-state index in [4.69, 9.17) is 9.47 Å². The topological polar surface area (TPSA) is 85.1 Å². The van der Waals surface area contributed by atoms with Crippen LogP contribution in [-0.4, -0.2) is 39.7 Å². The first-order chi connectivity index (χ1) is 16.4. The van der Waals surface area contributed by atoms with Crippen LogP contribution >= 0.6 is 0 Å². The molecule has 0 saturated carbocycles. The number of carbonyl (C=O) groups is 1. The molecule has 1 unspecified atom stereocenters. The average molecular weight is 467 g/mol. The van der Waals surface area contributed by atoms with Crippen LogP contribution < -0.4 is 14.8 Å². The van der Waals surface area contributed by atoms with Gasteiger partial charge in [0.2, 0.25) is 0 Å². The van der Waals surface area contributed by atoms with E-state index in [1.54, 1.807) is 37.4 Å². The standard InChI is InChI=1S/C25H23F2N3O4/c1-16-23(25(32)28-13-17(31)14-33-18-7-3-2-4-8-18)30-12-6-11-22(24(30)29-16)34-15-19-20(26)9-5-10-21(19)27/h2-12,17,31H,13-15H2,1H3,(H,28,32). The summed E-state index contributed by atoms with van der Waals surface area (Å²) in [4.78, 5) is 17.2. The summed E-state index contributed by atoms with van der Waals surface area (Å²) >= 11 is 0. The van der Waals surface area contributed by atoms with Crippen LogP contribution in [0, 0.1) is 18.6 Å². The Labute approximate surface area is 194 Å². The molecule has 0 aliphatic carbocycles. The molecule has 0 radical (unpaired) electrons. The molecule has 34 heavy (non-hydrogen) atoms. The predicted molar refractivity (Wildman–Crippen MR) is 121 cm³/mol. The number of amides is 1. The quantitative estimate of drug-likeness (QED) is 0.392. The second-order valence-corrected chi connectivity index (χ2v) is 7.59. The summed E-state index contributed by atoms with van der Waals surface area (Å²) in [5.41, 5.74) is 0.821. The minimum Gasteiger partial charge on any atom is -0.491 e. The van der Waals surface area contributed by atoms with E-state index >= 15 is 0 Å². The first kappa shape index (κ1) is 23.2. The zero-order valence-electron chi connectivity index (χ0n) is 18.4. The lowest BCUT2D eigenvalue weighted by atomic mass is 10.2. The number of halogens is 2. The van der Waals surface area contributed by atoms with Crippen LogP contribution in [-0.2, 0) is 6.61 Å². The molecule has 4 rings (SSSR count). The van der Waals surface area contributed by atoms with Gasteiger partial charge in [0.1, 0.15) is 42.4 Å². The summed E-state index contributed by atoms with van der Waals surface area (Å²) in [7, 11) is 0. The van der Waals surface area contributed by atoms with Crippen molar-refractivity contribution < 1.29 is 28.2 Å². The van der Waals surface area contributed by atoms with Crippen molar-refractivity contribution in [2.24, 2.45) is 0 Å². The molecule has 0 aliphatic heterocycles. The molecule has 4 aromatic rings. The number of aliphatic hydroxyl groups excluding tert-OH is 1. The third-order valence-electron chi connectivity index (χ3n) is 5.12. The molecule has 2 aromatic carbocycles. The van der Waals surface area contributed by atoms with E-state index < -0.39 is 23.6 Å². The molecule has 0 bridgehead atoms. The Kier molecular flexibility index (Phi) is 7.03. The van der Waals surface area contributed by atoms with Crippen LogP contribution in [0.25, 0.3) is 5.65 Å². The van der Waals surface area contributed by atoms with Gasteiger partial charge >= 0.3 is 0 Å². The summed E-state index contributed by atoms with van der Waals surface area (Å²) in [6.07, 6.45) is 0.716. The van der Waals surface area contributed by atoms with E-state index in [-0.39, 0.29) is 36.8 Å². The van der Waals surface area contributed by atoms with Crippen molar-refractivity contribution in [2.75, 3.05) is 13.2 Å². The number of aryl methyl sites for hydroxylation is 1. The molecule has 2 aromatic heterocycles. The predicted octanol–water partition coefficient (Wildman–Crippen LogP) is 3.67. The molecule has 1 atom stereocenters. The van der Waals surface area contributed by atoms with Gasteiger partial charge in [0.15, 0.2) is 11.4 Å². The van der Waals surface area contributed by atoms with E-state index in [0.29, 0.717) is 17.1 Å². The lowest BCUT2D eigenvalue weighted by Gasteiger charge is -2.13. The fraction of sp³-hybridized carbons (Fsp3) is 0.200. The lowest BCUT2D eigenvalue weighted by Crippen LogP contribution is -2.36. The summed E-state index contributed by atoms with van der Waals surface area (Å²) in [5.74, 6) is -0.972. The monoisotopic (exact) mass is 467 g/mol. The number of para-hydroxylation sites is 1. The van der Waals surface area contributed by atoms with Crippen LogP contribution in [0.5, 0.6) is 11.5 Å². The summed E-state index contributed by atoms with van der Waals surface area (Å²) in [6, 6.07) is 15.9. The van der Waals surface area contributed by atoms with E-state index in [9.17, 15) is 18.7 Å². The first-order valence-corrected chi connectivity index (χ1v) is 10.6. The highest BCUT2D eigenvalue weighted by atomic mass is 19.1. The lowest BCUT2D eigenvalue weighted by molar-refractivity contribution is 0.0838. The molecular weight excluding hydrogens is 444 g/mol. The van der Waals surface area contributed by atoms with Gasteiger partial charge in [-0.2, -0.15) is 0 Å². The number of aromatic nitrogens is 2. The SMILES string of the molecule is Cc1nc2c(OCc3c(F)cccc3F)cccn2c1C(=O)NCC(O)COc1ccccc1. The van der Waals surface area contributed by atoms with Gasteiger partial charge in [-0.1, -0.05) is 24.3 Å². The first-order valence-electron chi connectivity index (χ1n) is 10.6. The van der Waals surface area contributed by atoms with Crippen LogP contribution in [0.3, 0.4) is 0 Å². The molecular formula is C25H23F2N3O4. The van der Waals surface area contributed by atoms with E-state index in [1.807, 2.05) is 18.2 Å². The Hall–Kier alpha value is -3.98. The maximum absolute atomic E-state index is 13.9. The number of benzene rings is 2. The zero-order chi connectivity index (χ0) is 24.1. The molecule has 2 heterocycles. The van der Waals surface area contributed by atoms with Crippen molar-refractivity contribution in [1.82, 2.24) is 14.7 Å². The minimum absolute atomic E-state index is 0.0149. The molecule has 0 spiro atoms. The van der Waals surface area contributed by atoms with Crippen molar-refractivity contribution in [2.45, 2.75) is 19.6 Å². The Balaban J connectivity index is 1.43. The van der Waals surface area contributed by atoms with Crippen LogP contribution in [0.4, 0.5) is 8.78 Å². The van der Waals surface area contributed by atoms with E-state index in [1.165, 1.54) is 10.5 Å². The number of hydrogen-bond donors (Lipinski definition) is 2. The number of aliphatic hydroxyl groups is 1. The highest BCUT2D eigenvalue weighted by Crippen LogP contribution is 2.24. The number of nitrogens with zero attached hydrogens (tertiary/aromatic N) is 2. The average Bonchev–Trinajstić information content (AvgIpc) is 3.18. The molecule has 1 amide bonds. The maximum atomic E-state index is 13.9. The molecule has 0 saturated heterocycles. The Bertz CT molecular complexity index is 1270. The van der Waals surface area contributed by atoms with Gasteiger partial charge in [-0.05, 0) is 43.3 Å². The van der Waals surface area contributed by atoms with Gasteiger partial charge in [-0.15, -0.1) is 0 Å². The van der Waals surface area contributed by atoms with Crippen LogP contribution in [0.1, 0.15) is 21.7 Å². The normalized spacial score (nSPS) is 11.9. The van der Waals surface area contributed by atoms with Crippen molar-refractivity contribution in [3.63, 3.8) is 0 Å². The highest BCUT2D eigenvalue weighted by Gasteiger charge is 2.20. The largest absolute Gasteiger partial charge is 0.491 e. The Morgan fingerprint density at radius 2 is 1.79 bits per heavy atom. The van der Waals surface area contributed by atoms with E-state index in [2.05, 4.69) is 10.3 Å². The summed E-state index contributed by atoms with van der Waals surface area (Å²) in [6.45, 7) is 1.32. The molecule has 0 aliphatic rings. The second kappa shape index (κ2) is 10.3. The number of imidazole rings is 1. The fourth-order valence-corrected chi connectivity index (χ4v) is 3.42. The number of ether oxygens (including phenoxy) is 2. The number of carbonyl (C=O) groups excluding carboxylic acids is 1. The van der Waals surface area contributed by atoms with Crippen molar-refractivity contribution in [3.05, 3.63) is 95.4 Å². The summed E-state index contributed by atoms with van der Waals surface area (Å²) < 4.78 is 40.5. The molecule has 7 nitrogen and oxygen atoms in total. The highest BCUT2D eigenvalue weighted by molar-refractivity contribution is 5.95. The van der Waals surface area contributed by atoms with Gasteiger partial charge in [0.25, 0.3) is 5.91 Å². The van der Waals surface area contributed by atoms with E-state index in [0.717, 1.165) is 12.1 Å². The Morgan fingerprint density at radius 1 is 1.06 bits per heavy atom. The van der Waals surface area contributed by atoms with Crippen molar-refractivity contribution in [3.8, 4) is 11.5 Å². The van der Waals surface area contributed by atoms with Gasteiger partial charge in [-0.25, -0.2) is 13.8 Å².